The Kier molecular flexibility index (Phi) is 6.34. The minimum atomic E-state index is -0.233. The number of para-hydroxylation sites is 1. The van der Waals surface area contributed by atoms with Gasteiger partial charge in [-0.1, -0.05) is 32.0 Å². The van der Waals surface area contributed by atoms with Crippen LogP contribution in [0.1, 0.15) is 49.0 Å². The number of nitrogens with one attached hydrogen (secondary N) is 2. The van der Waals surface area contributed by atoms with Crippen molar-refractivity contribution >= 4 is 23.2 Å². The first-order chi connectivity index (χ1) is 13.4. The molecule has 5 heteroatoms. The second-order valence-corrected chi connectivity index (χ2v) is 7.77. The number of carbonyl (C=O) groups is 2. The second-order valence-electron chi connectivity index (χ2n) is 7.77. The van der Waals surface area contributed by atoms with E-state index in [0.29, 0.717) is 29.5 Å². The van der Waals surface area contributed by atoms with Crippen LogP contribution in [-0.2, 0) is 4.79 Å². The molecule has 0 spiro atoms. The quantitative estimate of drug-likeness (QED) is 0.676. The Hall–Kier alpha value is -2.82. The molecule has 0 bridgehead atoms. The third-order valence-electron chi connectivity index (χ3n) is 4.79. The summed E-state index contributed by atoms with van der Waals surface area (Å²) in [6.45, 7) is 6.79. The van der Waals surface area contributed by atoms with E-state index in [1.54, 1.807) is 12.1 Å². The molecule has 2 aromatic carbocycles. The minimum Gasteiger partial charge on any atom is -0.493 e. The summed E-state index contributed by atoms with van der Waals surface area (Å²) in [5.74, 6) is 1.07. The number of amides is 2. The van der Waals surface area contributed by atoms with Crippen LogP contribution in [0.25, 0.3) is 0 Å². The van der Waals surface area contributed by atoms with Crippen molar-refractivity contribution in [3.8, 4) is 5.75 Å². The number of carbonyl (C=O) groups excluding carboxylic acids is 2. The fourth-order valence-corrected chi connectivity index (χ4v) is 2.80. The Morgan fingerprint density at radius 1 is 1.11 bits per heavy atom. The molecule has 5 nitrogen and oxygen atoms in total. The summed E-state index contributed by atoms with van der Waals surface area (Å²) >= 11 is 0. The highest BCUT2D eigenvalue weighted by Crippen LogP contribution is 2.31. The topological polar surface area (TPSA) is 67.4 Å². The molecule has 1 aliphatic carbocycles. The van der Waals surface area contributed by atoms with E-state index >= 15 is 0 Å². The number of anilines is 2. The van der Waals surface area contributed by atoms with Gasteiger partial charge in [-0.05, 0) is 61.9 Å². The molecule has 0 aliphatic heterocycles. The second kappa shape index (κ2) is 8.91. The van der Waals surface area contributed by atoms with Crippen LogP contribution in [0.2, 0.25) is 0 Å². The Balaban J connectivity index is 1.70. The van der Waals surface area contributed by atoms with Crippen LogP contribution in [-0.4, -0.2) is 18.4 Å². The van der Waals surface area contributed by atoms with E-state index in [1.165, 1.54) is 0 Å². The summed E-state index contributed by atoms with van der Waals surface area (Å²) in [4.78, 5) is 24.8. The zero-order valence-corrected chi connectivity index (χ0v) is 16.7. The predicted molar refractivity (Wildman–Crippen MR) is 112 cm³/mol. The summed E-state index contributed by atoms with van der Waals surface area (Å²) in [6.07, 6.45) is 2.84. The van der Waals surface area contributed by atoms with Gasteiger partial charge in [0.1, 0.15) is 5.75 Å². The van der Waals surface area contributed by atoms with Crippen LogP contribution < -0.4 is 15.4 Å². The number of aryl methyl sites for hydroxylation is 1. The first-order valence-electron chi connectivity index (χ1n) is 9.88. The Labute approximate surface area is 166 Å². The SMILES string of the molecule is Cc1ccc(NC(=O)c2ccccc2OCCC(C)C)cc1NC(=O)C1CC1. The molecule has 0 unspecified atom stereocenters. The highest BCUT2D eigenvalue weighted by Gasteiger charge is 2.29. The lowest BCUT2D eigenvalue weighted by atomic mass is 10.1. The van der Waals surface area contributed by atoms with E-state index in [0.717, 1.165) is 30.5 Å². The lowest BCUT2D eigenvalue weighted by molar-refractivity contribution is -0.117. The zero-order valence-electron chi connectivity index (χ0n) is 16.7. The first-order valence-corrected chi connectivity index (χ1v) is 9.88. The van der Waals surface area contributed by atoms with Gasteiger partial charge in [0.2, 0.25) is 5.91 Å². The van der Waals surface area contributed by atoms with Crippen LogP contribution in [0.3, 0.4) is 0 Å². The van der Waals surface area contributed by atoms with E-state index in [2.05, 4.69) is 24.5 Å². The van der Waals surface area contributed by atoms with Crippen molar-refractivity contribution in [1.82, 2.24) is 0 Å². The third kappa shape index (κ3) is 5.35. The van der Waals surface area contributed by atoms with Crippen molar-refractivity contribution in [2.45, 2.75) is 40.0 Å². The lowest BCUT2D eigenvalue weighted by Crippen LogP contribution is -2.16. The average Bonchev–Trinajstić information content (AvgIpc) is 3.50. The van der Waals surface area contributed by atoms with Gasteiger partial charge in [0.05, 0.1) is 12.2 Å². The maximum absolute atomic E-state index is 12.8. The molecule has 148 valence electrons. The third-order valence-corrected chi connectivity index (χ3v) is 4.79. The molecule has 0 heterocycles. The van der Waals surface area contributed by atoms with Crippen LogP contribution in [0.5, 0.6) is 5.75 Å². The van der Waals surface area contributed by atoms with E-state index in [9.17, 15) is 9.59 Å². The molecule has 1 saturated carbocycles. The lowest BCUT2D eigenvalue weighted by Gasteiger charge is -2.14. The van der Waals surface area contributed by atoms with E-state index < -0.39 is 0 Å². The van der Waals surface area contributed by atoms with Crippen molar-refractivity contribution in [3.63, 3.8) is 0 Å². The van der Waals surface area contributed by atoms with Crippen LogP contribution >= 0.6 is 0 Å². The number of hydrogen-bond donors (Lipinski definition) is 2. The molecule has 28 heavy (non-hydrogen) atoms. The van der Waals surface area contributed by atoms with Crippen molar-refractivity contribution in [2.75, 3.05) is 17.2 Å². The Morgan fingerprint density at radius 2 is 1.86 bits per heavy atom. The first kappa shape index (κ1) is 19.9. The summed E-state index contributed by atoms with van der Waals surface area (Å²) in [5, 5.41) is 5.87. The molecule has 1 aliphatic rings. The number of benzene rings is 2. The summed E-state index contributed by atoms with van der Waals surface area (Å²) in [6, 6.07) is 12.8. The van der Waals surface area contributed by atoms with Crippen molar-refractivity contribution in [1.29, 1.82) is 0 Å². The molecular weight excluding hydrogens is 352 g/mol. The summed E-state index contributed by atoms with van der Waals surface area (Å²) in [7, 11) is 0. The minimum absolute atomic E-state index is 0.0514. The zero-order chi connectivity index (χ0) is 20.1. The van der Waals surface area contributed by atoms with Gasteiger partial charge in [-0.2, -0.15) is 0 Å². The molecule has 0 saturated heterocycles. The predicted octanol–water partition coefficient (Wildman–Crippen LogP) is 5.02. The maximum Gasteiger partial charge on any atom is 0.259 e. The Bertz CT molecular complexity index is 857. The molecular formula is C23H28N2O3. The van der Waals surface area contributed by atoms with Crippen LogP contribution in [0.4, 0.5) is 11.4 Å². The summed E-state index contributed by atoms with van der Waals surface area (Å²) in [5.41, 5.74) is 2.83. The molecule has 3 rings (SSSR count). The van der Waals surface area contributed by atoms with Gasteiger partial charge >= 0.3 is 0 Å². The molecule has 0 atom stereocenters. The van der Waals surface area contributed by atoms with Crippen molar-refractivity contribution < 1.29 is 14.3 Å². The number of hydrogen-bond acceptors (Lipinski definition) is 3. The van der Waals surface area contributed by atoms with Crippen LogP contribution in [0, 0.1) is 18.8 Å². The monoisotopic (exact) mass is 380 g/mol. The highest BCUT2D eigenvalue weighted by atomic mass is 16.5. The van der Waals surface area contributed by atoms with E-state index in [4.69, 9.17) is 4.74 Å². The molecule has 0 radical (unpaired) electrons. The van der Waals surface area contributed by atoms with Gasteiger partial charge in [-0.3, -0.25) is 9.59 Å². The smallest absolute Gasteiger partial charge is 0.259 e. The van der Waals surface area contributed by atoms with Gasteiger partial charge in [0.15, 0.2) is 0 Å². The number of ether oxygens (including phenoxy) is 1. The normalized spacial score (nSPS) is 13.3. The largest absolute Gasteiger partial charge is 0.493 e. The van der Waals surface area contributed by atoms with Crippen molar-refractivity contribution in [3.05, 3.63) is 53.6 Å². The fraction of sp³-hybridized carbons (Fsp3) is 0.391. The molecule has 2 amide bonds. The summed E-state index contributed by atoms with van der Waals surface area (Å²) < 4.78 is 5.82. The van der Waals surface area contributed by atoms with Crippen molar-refractivity contribution in [2.24, 2.45) is 11.8 Å². The van der Waals surface area contributed by atoms with E-state index in [-0.39, 0.29) is 17.7 Å². The van der Waals surface area contributed by atoms with E-state index in [1.807, 2.05) is 37.3 Å². The van der Waals surface area contributed by atoms with Gasteiger partial charge < -0.3 is 15.4 Å². The molecule has 1 fully saturated rings. The maximum atomic E-state index is 12.8. The molecule has 2 aromatic rings. The Morgan fingerprint density at radius 3 is 2.57 bits per heavy atom. The van der Waals surface area contributed by atoms with Gasteiger partial charge in [-0.25, -0.2) is 0 Å². The van der Waals surface area contributed by atoms with Gasteiger partial charge in [-0.15, -0.1) is 0 Å². The number of rotatable bonds is 8. The van der Waals surface area contributed by atoms with Gasteiger partial charge in [0, 0.05) is 17.3 Å². The fourth-order valence-electron chi connectivity index (χ4n) is 2.80. The standard InChI is InChI=1S/C23H28N2O3/c1-15(2)12-13-28-21-7-5-4-6-19(21)23(27)24-18-11-8-16(3)20(14-18)25-22(26)17-9-10-17/h4-8,11,14-15,17H,9-10,12-13H2,1-3H3,(H,24,27)(H,25,26). The van der Waals surface area contributed by atoms with Gasteiger partial charge in [0.25, 0.3) is 5.91 Å². The highest BCUT2D eigenvalue weighted by molar-refractivity contribution is 6.06. The molecule has 2 N–H and O–H groups in total. The average molecular weight is 380 g/mol. The van der Waals surface area contributed by atoms with Crippen LogP contribution in [0.15, 0.2) is 42.5 Å². The molecule has 0 aromatic heterocycles.